The molecule has 11 heavy (non-hydrogen) atoms. The van der Waals surface area contributed by atoms with Crippen LogP contribution in [-0.2, 0) is 0 Å². The molecule has 0 atom stereocenters. The van der Waals surface area contributed by atoms with Crippen molar-refractivity contribution in [2.75, 3.05) is 6.54 Å². The lowest BCUT2D eigenvalue weighted by molar-refractivity contribution is 0.390. The van der Waals surface area contributed by atoms with Crippen molar-refractivity contribution in [1.82, 2.24) is 4.98 Å². The lowest BCUT2D eigenvalue weighted by Crippen LogP contribution is -2.38. The number of hydrogen-bond donors (Lipinski definition) is 1. The zero-order valence-corrected chi connectivity index (χ0v) is 8.47. The monoisotopic (exact) mass is 169 g/mol. The van der Waals surface area contributed by atoms with Crippen LogP contribution in [0.15, 0.2) is 0 Å². The number of rotatable bonds is 0. The second-order valence-electron chi connectivity index (χ2n) is 4.17. The molecule has 0 unspecified atom stereocenters. The first-order valence-corrected chi connectivity index (χ1v) is 7.39. The van der Waals surface area contributed by atoms with E-state index < -0.39 is 8.96 Å². The van der Waals surface area contributed by atoms with E-state index in [-0.39, 0.29) is 0 Å². The summed E-state index contributed by atoms with van der Waals surface area (Å²) in [6.45, 7) is 1.35. The summed E-state index contributed by atoms with van der Waals surface area (Å²) in [4.78, 5) is 3.79. The van der Waals surface area contributed by atoms with Crippen LogP contribution in [0, 0.1) is 5.92 Å². The molecule has 3 fully saturated rings. The van der Waals surface area contributed by atoms with Gasteiger partial charge in [0.15, 0.2) is 0 Å². The van der Waals surface area contributed by atoms with Gasteiger partial charge in [-0.2, -0.15) is 0 Å². The maximum atomic E-state index is 3.79. The van der Waals surface area contributed by atoms with Gasteiger partial charge in [-0.05, 0) is 31.0 Å². The first-order chi connectivity index (χ1) is 5.45. The lowest BCUT2D eigenvalue weighted by atomic mass is 9.94. The Morgan fingerprint density at radius 3 is 2.45 bits per heavy atom. The highest BCUT2D eigenvalue weighted by molar-refractivity contribution is 6.56. The first-order valence-electron chi connectivity index (χ1n) is 5.18. The number of nitrogens with one attached hydrogen (secondary N) is 1. The summed E-state index contributed by atoms with van der Waals surface area (Å²) in [6, 6.07) is 3.16. The summed E-state index contributed by atoms with van der Waals surface area (Å²) < 4.78 is 0. The number of fused-ring (bicyclic) bond motifs is 6. The second-order valence-corrected chi connectivity index (χ2v) is 7.12. The molecule has 3 aliphatic rings. The standard InChI is InChI=1S/C9H19NSi/c1-3-9-4-2-8-11(7-1)10-6-5-9/h9-11H,1-8H2. The van der Waals surface area contributed by atoms with Crippen LogP contribution in [0.25, 0.3) is 0 Å². The Bertz CT molecular complexity index is 91.0. The third-order valence-corrected chi connectivity index (χ3v) is 6.39. The Kier molecular flexibility index (Phi) is 2.64. The SMILES string of the molecule is C1CC2CCC[SiH](C1)NCC2. The summed E-state index contributed by atoms with van der Waals surface area (Å²) in [7, 11) is -0.412. The minimum Gasteiger partial charge on any atom is -0.339 e. The van der Waals surface area contributed by atoms with Gasteiger partial charge in [-0.3, -0.25) is 0 Å². The Hall–Kier alpha value is 0.177. The highest BCUT2D eigenvalue weighted by Gasteiger charge is 2.20. The molecule has 0 aromatic carbocycles. The first kappa shape index (κ1) is 7.81. The van der Waals surface area contributed by atoms with Crippen molar-refractivity contribution >= 4 is 8.96 Å². The van der Waals surface area contributed by atoms with E-state index in [4.69, 9.17) is 0 Å². The third kappa shape index (κ3) is 2.06. The molecule has 0 aromatic heterocycles. The van der Waals surface area contributed by atoms with E-state index in [2.05, 4.69) is 4.98 Å². The number of hydrogen-bond acceptors (Lipinski definition) is 1. The average Bonchev–Trinajstić information content (AvgIpc) is 1.80. The fraction of sp³-hybridized carbons (Fsp3) is 1.00. The van der Waals surface area contributed by atoms with Crippen LogP contribution in [0.2, 0.25) is 12.1 Å². The summed E-state index contributed by atoms with van der Waals surface area (Å²) in [5.41, 5.74) is 0. The van der Waals surface area contributed by atoms with Crippen molar-refractivity contribution in [3.05, 3.63) is 0 Å². The molecular weight excluding hydrogens is 150 g/mol. The Morgan fingerprint density at radius 1 is 1.00 bits per heavy atom. The molecule has 0 spiro atoms. The molecule has 2 heteroatoms. The molecule has 2 bridgehead atoms. The Morgan fingerprint density at radius 2 is 1.73 bits per heavy atom. The van der Waals surface area contributed by atoms with Gasteiger partial charge in [0.1, 0.15) is 8.96 Å². The van der Waals surface area contributed by atoms with Gasteiger partial charge in [-0.15, -0.1) is 0 Å². The van der Waals surface area contributed by atoms with E-state index in [0.717, 1.165) is 5.92 Å². The summed E-state index contributed by atoms with van der Waals surface area (Å²) in [5.74, 6) is 1.08. The van der Waals surface area contributed by atoms with Crippen LogP contribution in [0.1, 0.15) is 32.1 Å². The predicted octanol–water partition coefficient (Wildman–Crippen LogP) is 1.89. The van der Waals surface area contributed by atoms with E-state index in [1.54, 1.807) is 24.9 Å². The second kappa shape index (κ2) is 3.72. The van der Waals surface area contributed by atoms with E-state index >= 15 is 0 Å². The highest BCUT2D eigenvalue weighted by atomic mass is 28.3. The lowest BCUT2D eigenvalue weighted by Gasteiger charge is -2.28. The fourth-order valence-corrected chi connectivity index (χ4v) is 5.31. The smallest absolute Gasteiger partial charge is 0.108 e. The van der Waals surface area contributed by atoms with Gasteiger partial charge in [0, 0.05) is 0 Å². The normalized spacial score (nSPS) is 39.3. The Balaban J connectivity index is 1.96. The van der Waals surface area contributed by atoms with Gasteiger partial charge in [0.05, 0.1) is 0 Å². The molecule has 0 aliphatic carbocycles. The van der Waals surface area contributed by atoms with Crippen LogP contribution in [0.4, 0.5) is 0 Å². The summed E-state index contributed by atoms with van der Waals surface area (Å²) >= 11 is 0. The van der Waals surface area contributed by atoms with Crippen molar-refractivity contribution < 1.29 is 0 Å². The quantitative estimate of drug-likeness (QED) is 0.546. The fourth-order valence-electron chi connectivity index (χ4n) is 2.58. The molecule has 1 N–H and O–H groups in total. The maximum Gasteiger partial charge on any atom is 0.108 e. The van der Waals surface area contributed by atoms with Gasteiger partial charge in [-0.25, -0.2) is 0 Å². The van der Waals surface area contributed by atoms with Crippen LogP contribution >= 0.6 is 0 Å². The predicted molar refractivity (Wildman–Crippen MR) is 51.3 cm³/mol. The minimum absolute atomic E-state index is 0.412. The molecule has 3 aliphatic heterocycles. The largest absolute Gasteiger partial charge is 0.339 e. The van der Waals surface area contributed by atoms with Gasteiger partial charge in [0.25, 0.3) is 0 Å². The molecule has 3 saturated heterocycles. The van der Waals surface area contributed by atoms with Crippen LogP contribution in [-0.4, -0.2) is 15.5 Å². The van der Waals surface area contributed by atoms with Crippen molar-refractivity contribution in [3.8, 4) is 0 Å². The molecule has 0 amide bonds. The molecule has 0 saturated carbocycles. The van der Waals surface area contributed by atoms with Crippen molar-refractivity contribution in [2.45, 2.75) is 44.2 Å². The topological polar surface area (TPSA) is 12.0 Å². The molecule has 64 valence electrons. The third-order valence-electron chi connectivity index (χ3n) is 3.32. The van der Waals surface area contributed by atoms with E-state index in [9.17, 15) is 0 Å². The zero-order chi connectivity index (χ0) is 7.52. The molecule has 0 radical (unpaired) electrons. The van der Waals surface area contributed by atoms with Crippen molar-refractivity contribution in [1.29, 1.82) is 0 Å². The summed E-state index contributed by atoms with van der Waals surface area (Å²) in [6.07, 6.45) is 7.64. The van der Waals surface area contributed by atoms with Gasteiger partial charge < -0.3 is 4.98 Å². The van der Waals surface area contributed by atoms with Crippen LogP contribution < -0.4 is 4.98 Å². The summed E-state index contributed by atoms with van der Waals surface area (Å²) in [5, 5.41) is 0. The van der Waals surface area contributed by atoms with Crippen LogP contribution in [0.3, 0.4) is 0 Å². The van der Waals surface area contributed by atoms with Gasteiger partial charge in [0.2, 0.25) is 0 Å². The minimum atomic E-state index is -0.412. The van der Waals surface area contributed by atoms with Crippen LogP contribution in [0.5, 0.6) is 0 Å². The van der Waals surface area contributed by atoms with E-state index in [1.165, 1.54) is 25.8 Å². The van der Waals surface area contributed by atoms with E-state index in [0.29, 0.717) is 0 Å². The van der Waals surface area contributed by atoms with Gasteiger partial charge in [-0.1, -0.05) is 25.7 Å². The molecule has 3 rings (SSSR count). The van der Waals surface area contributed by atoms with E-state index in [1.807, 2.05) is 0 Å². The molecule has 1 nitrogen and oxygen atoms in total. The maximum absolute atomic E-state index is 3.79. The average molecular weight is 169 g/mol. The highest BCUT2D eigenvalue weighted by Crippen LogP contribution is 2.26. The molecular formula is C9H19NSi. The van der Waals surface area contributed by atoms with Crippen molar-refractivity contribution in [2.24, 2.45) is 5.92 Å². The molecule has 0 aromatic rings. The molecule has 3 heterocycles. The van der Waals surface area contributed by atoms with Gasteiger partial charge >= 0.3 is 0 Å². The Labute approximate surface area is 71.3 Å². The zero-order valence-electron chi connectivity index (χ0n) is 7.31. The van der Waals surface area contributed by atoms with Crippen molar-refractivity contribution in [3.63, 3.8) is 0 Å².